The molecular formula is C52H72N2O8. The summed E-state index contributed by atoms with van der Waals surface area (Å²) in [5, 5.41) is 12.3. The summed E-state index contributed by atoms with van der Waals surface area (Å²) in [6.07, 6.45) is 15.8. The van der Waals surface area contributed by atoms with Gasteiger partial charge in [-0.3, -0.25) is 9.59 Å². The predicted molar refractivity (Wildman–Crippen MR) is 241 cm³/mol. The van der Waals surface area contributed by atoms with Crippen LogP contribution in [0.15, 0.2) is 71.8 Å². The first kappa shape index (κ1) is 46.2. The number of amides is 2. The Morgan fingerprint density at radius 1 is 0.952 bits per heavy atom. The quantitative estimate of drug-likeness (QED) is 0.0865. The molecule has 0 aromatic heterocycles. The number of rotatable bonds is 18. The minimum absolute atomic E-state index is 0.0140. The van der Waals surface area contributed by atoms with Crippen molar-refractivity contribution >= 4 is 23.9 Å². The van der Waals surface area contributed by atoms with Crippen LogP contribution >= 0.6 is 0 Å². The number of aliphatic hydroxyl groups is 1. The Bertz CT molecular complexity index is 1930. The fourth-order valence-corrected chi connectivity index (χ4v) is 10.9. The second-order valence-corrected chi connectivity index (χ2v) is 19.7. The molecule has 2 saturated carbocycles. The molecule has 2 aliphatic heterocycles. The van der Waals surface area contributed by atoms with Gasteiger partial charge in [-0.2, -0.15) is 0 Å². The zero-order valence-corrected chi connectivity index (χ0v) is 38.2. The van der Waals surface area contributed by atoms with Gasteiger partial charge in [-0.1, -0.05) is 107 Å². The summed E-state index contributed by atoms with van der Waals surface area (Å²) in [6.45, 7) is 11.3. The number of allylic oxidation sites excluding steroid dienone is 1. The molecule has 4 fully saturated rings. The number of unbranched alkanes of at least 4 members (excludes halogenated alkanes) is 4. The van der Waals surface area contributed by atoms with Gasteiger partial charge < -0.3 is 34.3 Å². The van der Waals surface area contributed by atoms with Crippen molar-refractivity contribution in [3.63, 3.8) is 0 Å². The van der Waals surface area contributed by atoms with Crippen LogP contribution < -0.4 is 5.32 Å². The standard InChI is InChI=1S/C52H72N2O8/c1-7-9-14-24-52(25-15-10-8-2)60-44-33-39(48(57)54(6)42(47(56)53-27-28-55)31-35-17-12-11-13-18-35)32-43(46(44)62-52)59-49(58)38-20-16-19-36(30-38)29-37-21-22-45-51(5,61-45)26-23-41-40(37)34-50(41,3)4/h11-13,16-20,29-30,33,40-46,55H,7-10,14-15,21-28,31-32,34H2,1-6H3,(H,53,56). The fraction of sp³-hybridized carbons (Fsp3) is 0.635. The number of ether oxygens (including phenoxy) is 4. The van der Waals surface area contributed by atoms with E-state index in [9.17, 15) is 19.5 Å². The highest BCUT2D eigenvalue weighted by Gasteiger charge is 2.56. The largest absolute Gasteiger partial charge is 0.456 e. The van der Waals surface area contributed by atoms with Gasteiger partial charge in [-0.15, -0.1) is 0 Å². The van der Waals surface area contributed by atoms with Crippen LogP contribution in [0.2, 0.25) is 0 Å². The first-order valence-electron chi connectivity index (χ1n) is 23.7. The van der Waals surface area contributed by atoms with Crippen LogP contribution in [0.1, 0.15) is 146 Å². The van der Waals surface area contributed by atoms with Gasteiger partial charge in [-0.05, 0) is 98.5 Å². The summed E-state index contributed by atoms with van der Waals surface area (Å²) in [4.78, 5) is 44.0. The SMILES string of the molecule is CCCCCC1(CCCCC)OC2C=C(C(=O)N(C)C(Cc3ccccc3)C(=O)NCCO)CC(OC(=O)c3cccc(C=C4CCC5OC5(C)CCC5C4CC5(C)C)c3)C2O1. The van der Waals surface area contributed by atoms with Crippen LogP contribution in [0.4, 0.5) is 0 Å². The molecule has 8 atom stereocenters. The molecule has 0 radical (unpaired) electrons. The highest BCUT2D eigenvalue weighted by Crippen LogP contribution is 2.60. The van der Waals surface area contributed by atoms with Crippen molar-refractivity contribution in [1.29, 1.82) is 0 Å². The number of carbonyl (C=O) groups excluding carboxylic acids is 3. The van der Waals surface area contributed by atoms with E-state index in [1.165, 1.54) is 23.3 Å². The lowest BCUT2D eigenvalue weighted by Crippen LogP contribution is -2.51. The maximum absolute atomic E-state index is 14.6. The van der Waals surface area contributed by atoms with E-state index >= 15 is 0 Å². The monoisotopic (exact) mass is 853 g/mol. The van der Waals surface area contributed by atoms with Gasteiger partial charge in [0.05, 0.1) is 23.9 Å². The molecule has 0 bridgehead atoms. The van der Waals surface area contributed by atoms with E-state index in [1.807, 2.05) is 48.5 Å². The molecular weight excluding hydrogens is 781 g/mol. The van der Waals surface area contributed by atoms with Crippen LogP contribution in [0, 0.1) is 17.3 Å². The maximum Gasteiger partial charge on any atom is 0.338 e. The number of nitrogens with zero attached hydrogens (tertiary/aromatic N) is 1. The number of carbonyl (C=O) groups is 3. The average Bonchev–Trinajstić information content (AvgIpc) is 3.74. The molecule has 2 N–H and O–H groups in total. The van der Waals surface area contributed by atoms with Crippen LogP contribution in [0.25, 0.3) is 6.08 Å². The molecule has 2 aromatic carbocycles. The lowest BCUT2D eigenvalue weighted by atomic mass is 9.52. The van der Waals surface area contributed by atoms with Gasteiger partial charge in [0.1, 0.15) is 24.4 Å². The molecule has 2 amide bonds. The van der Waals surface area contributed by atoms with Gasteiger partial charge in [-0.25, -0.2) is 4.79 Å². The maximum atomic E-state index is 14.6. The summed E-state index contributed by atoms with van der Waals surface area (Å²) < 4.78 is 26.5. The van der Waals surface area contributed by atoms with E-state index in [2.05, 4.69) is 52.1 Å². The predicted octanol–water partition coefficient (Wildman–Crippen LogP) is 9.14. The molecule has 8 unspecified atom stereocenters. The summed E-state index contributed by atoms with van der Waals surface area (Å²) >= 11 is 0. The average molecular weight is 853 g/mol. The number of hydrogen-bond acceptors (Lipinski definition) is 8. The van der Waals surface area contributed by atoms with E-state index < -0.39 is 36.1 Å². The number of esters is 1. The molecule has 2 saturated heterocycles. The second kappa shape index (κ2) is 19.9. The summed E-state index contributed by atoms with van der Waals surface area (Å²) in [5.41, 5.74) is 4.49. The van der Waals surface area contributed by atoms with E-state index in [-0.39, 0.29) is 43.4 Å². The normalized spacial score (nSPS) is 29.3. The highest BCUT2D eigenvalue weighted by molar-refractivity contribution is 5.97. The number of nitrogens with one attached hydrogen (secondary N) is 1. The molecule has 62 heavy (non-hydrogen) atoms. The Hall–Kier alpha value is -3.83. The van der Waals surface area contributed by atoms with Crippen molar-refractivity contribution < 1.29 is 38.4 Å². The number of epoxide rings is 1. The van der Waals surface area contributed by atoms with E-state index in [0.717, 1.165) is 68.9 Å². The zero-order valence-electron chi connectivity index (χ0n) is 38.2. The molecule has 338 valence electrons. The van der Waals surface area contributed by atoms with Crippen LogP contribution in [-0.4, -0.2) is 89.8 Å². The van der Waals surface area contributed by atoms with Crippen molar-refractivity contribution in [2.75, 3.05) is 20.2 Å². The van der Waals surface area contributed by atoms with Gasteiger partial charge >= 0.3 is 5.97 Å². The topological polar surface area (TPSA) is 127 Å². The Morgan fingerprint density at radius 2 is 1.69 bits per heavy atom. The van der Waals surface area contributed by atoms with E-state index in [4.69, 9.17) is 18.9 Å². The lowest BCUT2D eigenvalue weighted by Gasteiger charge is -2.53. The fourth-order valence-electron chi connectivity index (χ4n) is 10.9. The van der Waals surface area contributed by atoms with Gasteiger partial charge in [0.25, 0.3) is 0 Å². The number of aliphatic hydroxyl groups excluding tert-OH is 1. The molecule has 2 heterocycles. The third-order valence-corrected chi connectivity index (χ3v) is 14.7. The van der Waals surface area contributed by atoms with Crippen LogP contribution in [0.3, 0.4) is 0 Å². The number of hydrogen-bond donors (Lipinski definition) is 2. The Kier molecular flexibility index (Phi) is 14.8. The van der Waals surface area contributed by atoms with Crippen LogP contribution in [-0.2, 0) is 35.0 Å². The smallest absolute Gasteiger partial charge is 0.338 e. The Labute approximate surface area is 370 Å². The minimum Gasteiger partial charge on any atom is -0.456 e. The second-order valence-electron chi connectivity index (χ2n) is 19.7. The summed E-state index contributed by atoms with van der Waals surface area (Å²) in [5.74, 6) is -0.894. The third-order valence-electron chi connectivity index (χ3n) is 14.7. The van der Waals surface area contributed by atoms with Crippen molar-refractivity contribution in [1.82, 2.24) is 10.2 Å². The third kappa shape index (κ3) is 10.6. The molecule has 10 nitrogen and oxygen atoms in total. The minimum atomic E-state index is -0.856. The molecule has 3 aliphatic carbocycles. The first-order chi connectivity index (χ1) is 29.8. The molecule has 7 rings (SSSR count). The molecule has 5 aliphatic rings. The van der Waals surface area contributed by atoms with Crippen LogP contribution in [0.5, 0.6) is 0 Å². The van der Waals surface area contributed by atoms with Gasteiger partial charge in [0, 0.05) is 44.8 Å². The van der Waals surface area contributed by atoms with E-state index in [0.29, 0.717) is 47.3 Å². The van der Waals surface area contributed by atoms with Crippen molar-refractivity contribution in [3.05, 3.63) is 88.5 Å². The van der Waals surface area contributed by atoms with Gasteiger partial charge in [0.15, 0.2) is 5.79 Å². The first-order valence-corrected chi connectivity index (χ1v) is 23.7. The van der Waals surface area contributed by atoms with Crippen molar-refractivity contribution in [3.8, 4) is 0 Å². The molecule has 0 spiro atoms. The number of benzene rings is 2. The van der Waals surface area contributed by atoms with Crippen molar-refractivity contribution in [2.45, 2.75) is 173 Å². The number of fused-ring (bicyclic) bond motifs is 3. The van der Waals surface area contributed by atoms with Gasteiger partial charge in [0.2, 0.25) is 11.8 Å². The van der Waals surface area contributed by atoms with Crippen molar-refractivity contribution in [2.24, 2.45) is 17.3 Å². The zero-order chi connectivity index (χ0) is 44.1. The summed E-state index contributed by atoms with van der Waals surface area (Å²) in [6, 6.07) is 16.4. The number of likely N-dealkylation sites (N-methyl/N-ethyl adjacent to an activating group) is 1. The van der Waals surface area contributed by atoms with E-state index in [1.54, 1.807) is 13.1 Å². The Balaban J connectivity index is 1.15. The molecule has 2 aromatic rings. The lowest BCUT2D eigenvalue weighted by molar-refractivity contribution is -0.190. The molecule has 10 heteroatoms. The highest BCUT2D eigenvalue weighted by atomic mass is 16.8. The Morgan fingerprint density at radius 3 is 2.39 bits per heavy atom. The summed E-state index contributed by atoms with van der Waals surface area (Å²) in [7, 11) is 1.63.